The summed E-state index contributed by atoms with van der Waals surface area (Å²) in [5.74, 6) is 4.60. The molecule has 0 N–H and O–H groups in total. The maximum absolute atomic E-state index is 6.30. The van der Waals surface area contributed by atoms with Gasteiger partial charge in [-0.15, -0.1) is 0 Å². The van der Waals surface area contributed by atoms with Crippen LogP contribution < -0.4 is 18.9 Å². The summed E-state index contributed by atoms with van der Waals surface area (Å²) >= 11 is 0. The fourth-order valence-electron chi connectivity index (χ4n) is 6.87. The molecule has 11 rings (SSSR count). The lowest BCUT2D eigenvalue weighted by molar-refractivity contribution is 0.217. The van der Waals surface area contributed by atoms with Crippen LogP contribution in [0.15, 0.2) is 107 Å². The molecule has 7 aliphatic rings. The van der Waals surface area contributed by atoms with Gasteiger partial charge >= 0.3 is 0 Å². The van der Waals surface area contributed by atoms with Crippen molar-refractivity contribution >= 4 is 11.8 Å². The van der Waals surface area contributed by atoms with Crippen LogP contribution in [-0.2, 0) is 14.9 Å². The van der Waals surface area contributed by atoms with E-state index in [0.717, 1.165) is 47.0 Å². The second kappa shape index (κ2) is 14.5. The van der Waals surface area contributed by atoms with Crippen molar-refractivity contribution in [1.82, 2.24) is 0 Å². The number of hydrogen-bond donors (Lipinski definition) is 0. The Morgan fingerprint density at radius 2 is 0.800 bits per heavy atom. The molecule has 0 amide bonds. The maximum atomic E-state index is 6.30. The number of nitrogens with zero attached hydrogens (tertiary/aromatic N) is 2. The average molecular weight is 675 g/mol. The summed E-state index contributed by atoms with van der Waals surface area (Å²) in [5, 5.41) is 0. The Balaban J connectivity index is 1.11. The number of rotatable bonds is 2. The Bertz CT molecular complexity index is 1660. The molecule has 0 unspecified atom stereocenters. The standard InChI is InChI=1S/C42H46N2O6/c1-5-42(6-2)39-43-37(27-49-39)29-7-15-33(16-8-29)45-23-25-47-35-19-11-31(12-20-35)41(3,4)32-13-21-36(22-14-32)48-26-24-46-34-17-9-30(10-18-34)38-28-50-40(42)44-38/h7-22,37-38H,5-6,23-28H2,1-4H3/t37-,38-/m0/s1. The van der Waals surface area contributed by atoms with Gasteiger partial charge in [0.25, 0.3) is 0 Å². The Hall–Kier alpha value is -4.98. The zero-order valence-electron chi connectivity index (χ0n) is 29.4. The van der Waals surface area contributed by atoms with Gasteiger partial charge in [0.05, 0.1) is 0 Å². The van der Waals surface area contributed by atoms with E-state index in [1.165, 1.54) is 11.1 Å². The molecule has 8 nitrogen and oxygen atoms in total. The number of benzene rings is 4. The number of ether oxygens (including phenoxy) is 6. The predicted molar refractivity (Wildman–Crippen MR) is 195 cm³/mol. The van der Waals surface area contributed by atoms with Gasteiger partial charge in [0.2, 0.25) is 0 Å². The van der Waals surface area contributed by atoms with Crippen molar-refractivity contribution < 1.29 is 28.4 Å². The molecular weight excluding hydrogens is 628 g/mol. The molecule has 7 aliphatic heterocycles. The van der Waals surface area contributed by atoms with E-state index in [1.54, 1.807) is 0 Å². The molecule has 8 heteroatoms. The first-order valence-electron chi connectivity index (χ1n) is 17.7. The lowest BCUT2D eigenvalue weighted by Crippen LogP contribution is -2.39. The Kier molecular flexibility index (Phi) is 9.70. The highest BCUT2D eigenvalue weighted by Gasteiger charge is 2.46. The highest BCUT2D eigenvalue weighted by atomic mass is 16.5. The van der Waals surface area contributed by atoms with E-state index in [1.807, 2.05) is 48.5 Å². The van der Waals surface area contributed by atoms with Crippen molar-refractivity contribution in [2.24, 2.45) is 15.4 Å². The third-order valence-corrected chi connectivity index (χ3v) is 10.3. The molecule has 0 fully saturated rings. The van der Waals surface area contributed by atoms with E-state index >= 15 is 0 Å². The minimum absolute atomic E-state index is 0.100. The largest absolute Gasteiger partial charge is 0.490 e. The van der Waals surface area contributed by atoms with Crippen LogP contribution in [0.25, 0.3) is 0 Å². The van der Waals surface area contributed by atoms with Crippen molar-refractivity contribution in [1.29, 1.82) is 0 Å². The van der Waals surface area contributed by atoms with Crippen LogP contribution in [-0.4, -0.2) is 51.4 Å². The van der Waals surface area contributed by atoms with Gasteiger partial charge in [-0.1, -0.05) is 76.2 Å². The fourth-order valence-corrected chi connectivity index (χ4v) is 6.87. The Labute approximate surface area is 295 Å². The highest BCUT2D eigenvalue weighted by molar-refractivity contribution is 6.06. The predicted octanol–water partition coefficient (Wildman–Crippen LogP) is 8.69. The molecule has 260 valence electrons. The van der Waals surface area contributed by atoms with E-state index < -0.39 is 5.41 Å². The molecule has 2 atom stereocenters. The second-order valence-electron chi connectivity index (χ2n) is 13.5. The van der Waals surface area contributed by atoms with Crippen molar-refractivity contribution in [2.75, 3.05) is 39.6 Å². The van der Waals surface area contributed by atoms with Crippen molar-refractivity contribution in [2.45, 2.75) is 58.0 Å². The molecule has 4 aromatic rings. The third-order valence-electron chi connectivity index (χ3n) is 10.3. The van der Waals surface area contributed by atoms with Gasteiger partial charge in [-0.05, 0) is 83.6 Å². The smallest absolute Gasteiger partial charge is 0.199 e. The molecule has 0 saturated carbocycles. The van der Waals surface area contributed by atoms with Gasteiger partial charge in [0.15, 0.2) is 11.8 Å². The van der Waals surface area contributed by atoms with Crippen LogP contribution >= 0.6 is 0 Å². The van der Waals surface area contributed by atoms with Crippen molar-refractivity contribution in [3.05, 3.63) is 119 Å². The first kappa shape index (κ1) is 33.5. The molecule has 0 spiro atoms. The summed E-state index contributed by atoms with van der Waals surface area (Å²) in [6.07, 6.45) is 1.55. The van der Waals surface area contributed by atoms with Crippen molar-refractivity contribution in [3.63, 3.8) is 0 Å². The fraction of sp³-hybridized carbons (Fsp3) is 0.381. The summed E-state index contributed by atoms with van der Waals surface area (Å²) in [7, 11) is 0. The van der Waals surface area contributed by atoms with Crippen LogP contribution in [0.1, 0.15) is 74.9 Å². The van der Waals surface area contributed by atoms with Gasteiger partial charge in [-0.2, -0.15) is 0 Å². The molecule has 12 bridgehead atoms. The molecule has 0 aliphatic carbocycles. The third kappa shape index (κ3) is 6.89. The highest BCUT2D eigenvalue weighted by Crippen LogP contribution is 2.41. The van der Waals surface area contributed by atoms with Crippen LogP contribution in [0.5, 0.6) is 23.0 Å². The molecule has 0 aromatic heterocycles. The monoisotopic (exact) mass is 674 g/mol. The van der Waals surface area contributed by atoms with Gasteiger partial charge in [0, 0.05) is 5.41 Å². The molecular formula is C42H46N2O6. The van der Waals surface area contributed by atoms with Crippen LogP contribution in [0, 0.1) is 5.41 Å². The molecule has 50 heavy (non-hydrogen) atoms. The first-order chi connectivity index (χ1) is 24.4. The molecule has 4 aromatic carbocycles. The minimum Gasteiger partial charge on any atom is -0.490 e. The van der Waals surface area contributed by atoms with E-state index in [4.69, 9.17) is 38.4 Å². The summed E-state index contributed by atoms with van der Waals surface area (Å²) in [6.45, 7) is 11.5. The zero-order valence-corrected chi connectivity index (χ0v) is 29.4. The lowest BCUT2D eigenvalue weighted by Gasteiger charge is -2.29. The maximum Gasteiger partial charge on any atom is 0.199 e. The van der Waals surface area contributed by atoms with Crippen molar-refractivity contribution in [3.8, 4) is 23.0 Å². The van der Waals surface area contributed by atoms with Crippen LogP contribution in [0.2, 0.25) is 0 Å². The number of hydrogen-bond acceptors (Lipinski definition) is 8. The van der Waals surface area contributed by atoms with E-state index in [9.17, 15) is 0 Å². The quantitative estimate of drug-likeness (QED) is 0.212. The summed E-state index contributed by atoms with van der Waals surface area (Å²) < 4.78 is 36.6. The second-order valence-corrected chi connectivity index (χ2v) is 13.5. The van der Waals surface area contributed by atoms with Crippen LogP contribution in [0.3, 0.4) is 0 Å². The van der Waals surface area contributed by atoms with Gasteiger partial charge in [0.1, 0.15) is 80.1 Å². The average Bonchev–Trinajstić information content (AvgIpc) is 3.86. The van der Waals surface area contributed by atoms with E-state index in [0.29, 0.717) is 51.4 Å². The van der Waals surface area contributed by atoms with E-state index in [2.05, 4.69) is 76.2 Å². The topological polar surface area (TPSA) is 80.1 Å². The van der Waals surface area contributed by atoms with Gasteiger partial charge < -0.3 is 28.4 Å². The zero-order chi connectivity index (χ0) is 34.6. The number of fused-ring (bicyclic) bond motifs is 4. The minimum atomic E-state index is -0.509. The summed E-state index contributed by atoms with van der Waals surface area (Å²) in [6, 6.07) is 32.6. The first-order valence-corrected chi connectivity index (χ1v) is 17.7. The normalized spacial score (nSPS) is 21.2. The van der Waals surface area contributed by atoms with Crippen LogP contribution in [0.4, 0.5) is 0 Å². The Morgan fingerprint density at radius 1 is 0.480 bits per heavy atom. The number of aliphatic imine (C=N–C) groups is 2. The molecule has 0 radical (unpaired) electrons. The molecule has 7 heterocycles. The summed E-state index contributed by atoms with van der Waals surface area (Å²) in [5.41, 5.74) is 3.86. The SMILES string of the molecule is CCC1(CC)C2=N[C@@H](CO2)c2ccc(cc2)OCCOc2ccc(cc2)C(C)(C)c2ccc(cc2)OCCOc2ccc(cc2)[C@@H]2COC1=N2. The lowest BCUT2D eigenvalue weighted by atomic mass is 9.78. The summed E-state index contributed by atoms with van der Waals surface area (Å²) in [4.78, 5) is 10.2. The molecule has 0 saturated heterocycles. The van der Waals surface area contributed by atoms with Gasteiger partial charge in [-0.3, -0.25) is 0 Å². The van der Waals surface area contributed by atoms with E-state index in [-0.39, 0.29) is 17.5 Å². The Morgan fingerprint density at radius 3 is 1.12 bits per heavy atom. The van der Waals surface area contributed by atoms with Gasteiger partial charge in [-0.25, -0.2) is 9.98 Å².